The monoisotopic (exact) mass is 976 g/mol. The van der Waals surface area contributed by atoms with Crippen LogP contribution in [0.1, 0.15) is 69.5 Å². The summed E-state index contributed by atoms with van der Waals surface area (Å²) in [5.41, 5.74) is 7.80. The number of halogens is 5. The van der Waals surface area contributed by atoms with Gasteiger partial charge in [-0.15, -0.1) is 0 Å². The highest BCUT2D eigenvalue weighted by Gasteiger charge is 2.40. The summed E-state index contributed by atoms with van der Waals surface area (Å²) in [5, 5.41) is 34.3. The first-order chi connectivity index (χ1) is 29.6. The summed E-state index contributed by atoms with van der Waals surface area (Å²) in [6.07, 6.45) is 10.8. The van der Waals surface area contributed by atoms with Gasteiger partial charge in [0.2, 0.25) is 0 Å². The topological polar surface area (TPSA) is 117 Å². The maximum Gasteiger partial charge on any atom is 0.376 e. The van der Waals surface area contributed by atoms with Crippen LogP contribution in [0.3, 0.4) is 0 Å². The summed E-state index contributed by atoms with van der Waals surface area (Å²) in [5.74, 6) is 0. The van der Waals surface area contributed by atoms with Crippen molar-refractivity contribution < 1.29 is 15.2 Å². The first-order valence-corrected chi connectivity index (χ1v) is 22.9. The molecule has 322 valence electrons. The third kappa shape index (κ3) is 9.22. The van der Waals surface area contributed by atoms with Crippen LogP contribution in [0.2, 0.25) is 33.7 Å². The molecule has 3 N–H and O–H groups in total. The number of aryl methyl sites for hydroxylation is 1. The SMILES string of the molecule is CB(O)N1CCN([C@@H]2c3ccc(Cl)cc3C=C(Br)c3cc(Cl)cnc32)CC1.CB(O)N1CCN([C@@H]2c3ccc(Cl)cc3C=C(C(C)(O)c3cncn3C)c3cc(Cl)cnc32)CC1. The molecule has 0 saturated carbocycles. The molecule has 2 fully saturated rings. The van der Waals surface area contributed by atoms with E-state index in [4.69, 9.17) is 56.4 Å². The predicted molar refractivity (Wildman–Crippen MR) is 256 cm³/mol. The normalized spacial score (nSPS) is 20.5. The van der Waals surface area contributed by atoms with Gasteiger partial charge in [0.15, 0.2) is 0 Å². The Morgan fingerprint density at radius 2 is 1.13 bits per heavy atom. The largest absolute Gasteiger partial charge is 0.437 e. The van der Waals surface area contributed by atoms with Gasteiger partial charge < -0.3 is 29.3 Å². The van der Waals surface area contributed by atoms with Crippen molar-refractivity contribution in [1.82, 2.24) is 38.9 Å². The van der Waals surface area contributed by atoms with E-state index in [0.29, 0.717) is 31.4 Å². The molecule has 3 atom stereocenters. The molecular formula is C44H47B2BrCl4N8O3. The van der Waals surface area contributed by atoms with Crippen LogP contribution in [0.5, 0.6) is 0 Å². The minimum absolute atomic E-state index is 0.00647. The van der Waals surface area contributed by atoms with Crippen molar-refractivity contribution in [1.29, 1.82) is 0 Å². The van der Waals surface area contributed by atoms with Gasteiger partial charge in [0, 0.05) is 97.5 Å². The maximum absolute atomic E-state index is 11.9. The van der Waals surface area contributed by atoms with Gasteiger partial charge in [-0.3, -0.25) is 19.8 Å². The summed E-state index contributed by atoms with van der Waals surface area (Å²) < 4.78 is 2.76. The molecule has 11 nitrogen and oxygen atoms in total. The third-order valence-electron chi connectivity index (χ3n) is 12.4. The number of benzene rings is 2. The number of hydrogen-bond donors (Lipinski definition) is 3. The molecule has 5 heterocycles. The van der Waals surface area contributed by atoms with Crippen LogP contribution in [0.15, 0.2) is 73.4 Å². The summed E-state index contributed by atoms with van der Waals surface area (Å²) in [6, 6.07) is 15.6. The Bertz CT molecular complexity index is 2530. The van der Waals surface area contributed by atoms with Crippen LogP contribution in [0.25, 0.3) is 22.2 Å². The highest BCUT2D eigenvalue weighted by Crippen LogP contribution is 2.47. The van der Waals surface area contributed by atoms with Crippen molar-refractivity contribution in [2.24, 2.45) is 7.05 Å². The highest BCUT2D eigenvalue weighted by molar-refractivity contribution is 9.15. The number of pyridine rings is 2. The Morgan fingerprint density at radius 3 is 1.60 bits per heavy atom. The van der Waals surface area contributed by atoms with Crippen molar-refractivity contribution in [2.75, 3.05) is 52.4 Å². The van der Waals surface area contributed by atoms with Gasteiger partial charge in [-0.1, -0.05) is 74.5 Å². The van der Waals surface area contributed by atoms with Crippen LogP contribution in [0.4, 0.5) is 0 Å². The molecule has 0 bridgehead atoms. The number of nitrogens with zero attached hydrogens (tertiary/aromatic N) is 8. The number of imidazole rings is 1. The number of aromatic nitrogens is 4. The molecule has 18 heteroatoms. The molecule has 0 radical (unpaired) electrons. The lowest BCUT2D eigenvalue weighted by atomic mass is 9.84. The number of aliphatic hydroxyl groups is 1. The zero-order valence-corrected chi connectivity index (χ0v) is 39.5. The minimum Gasteiger partial charge on any atom is -0.437 e. The van der Waals surface area contributed by atoms with E-state index >= 15 is 0 Å². The fraction of sp³-hybridized carbons (Fsp3) is 0.341. The second-order valence-electron chi connectivity index (χ2n) is 16.4. The van der Waals surface area contributed by atoms with Gasteiger partial charge in [-0.25, -0.2) is 4.98 Å². The summed E-state index contributed by atoms with van der Waals surface area (Å²) in [6.45, 7) is 11.7. The van der Waals surface area contributed by atoms with E-state index in [1.165, 1.54) is 5.56 Å². The van der Waals surface area contributed by atoms with Crippen LogP contribution in [-0.4, -0.2) is 121 Å². The third-order valence-corrected chi connectivity index (χ3v) is 14.0. The quantitative estimate of drug-likeness (QED) is 0.144. The Balaban J connectivity index is 0.000000176. The van der Waals surface area contributed by atoms with Gasteiger partial charge in [-0.2, -0.15) is 0 Å². The fourth-order valence-electron chi connectivity index (χ4n) is 9.17. The molecule has 9 rings (SSSR count). The lowest BCUT2D eigenvalue weighted by molar-refractivity contribution is 0.114. The molecule has 2 aliphatic heterocycles. The van der Waals surface area contributed by atoms with Crippen LogP contribution in [0, 0.1) is 0 Å². The molecule has 1 unspecified atom stereocenters. The zero-order chi connectivity index (χ0) is 44.0. The standard InChI is InChI=1S/C25H28BCl2N5O2.C19H19BBrCl2N3O/c1-25(34,22-14-29-15-31(22)3)21-11-16-10-17(27)4-5-19(16)24(23-20(21)12-18(28)13-30-23)32-6-8-33(9-7-32)26(2)35;1-20(27)26-6-4-25(5-7-26)19-15-3-2-13(22)8-12(15)9-17(21)16-10-14(23)11-24-18(16)19/h4-5,10-15,24,34-35H,6-9H2,1-3H3;2-3,8-11,19,27H,4-7H2,1H3/t24-,25?;19-/m11/s1. The first kappa shape index (κ1) is 45.5. The Kier molecular flexibility index (Phi) is 13.8. The number of rotatable bonds is 6. The fourth-order valence-corrected chi connectivity index (χ4v) is 10.4. The molecule has 2 aliphatic carbocycles. The maximum atomic E-state index is 11.9. The molecule has 4 aliphatic rings. The molecular weight excluding hydrogens is 932 g/mol. The van der Waals surface area contributed by atoms with E-state index in [2.05, 4.69) is 52.5 Å². The van der Waals surface area contributed by atoms with Gasteiger partial charge in [0.25, 0.3) is 0 Å². The number of fused-ring (bicyclic) bond motifs is 4. The second-order valence-corrected chi connectivity index (χ2v) is 19.0. The molecule has 0 spiro atoms. The van der Waals surface area contributed by atoms with Crippen molar-refractivity contribution >= 4 is 98.6 Å². The molecule has 62 heavy (non-hydrogen) atoms. The van der Waals surface area contributed by atoms with Crippen LogP contribution < -0.4 is 0 Å². The Morgan fingerprint density at radius 1 is 0.661 bits per heavy atom. The summed E-state index contributed by atoms with van der Waals surface area (Å²) >= 11 is 29.1. The first-order valence-electron chi connectivity index (χ1n) is 20.6. The minimum atomic E-state index is -1.37. The summed E-state index contributed by atoms with van der Waals surface area (Å²) in [4.78, 5) is 22.7. The smallest absolute Gasteiger partial charge is 0.376 e. The molecule has 3 aromatic heterocycles. The van der Waals surface area contributed by atoms with Gasteiger partial charge in [0.05, 0.1) is 51.7 Å². The van der Waals surface area contributed by atoms with E-state index in [1.54, 1.807) is 38.7 Å². The average molecular weight is 979 g/mol. The lowest BCUT2D eigenvalue weighted by Gasteiger charge is -2.40. The number of piperazine rings is 2. The van der Waals surface area contributed by atoms with E-state index in [9.17, 15) is 15.2 Å². The molecule has 0 amide bonds. The Hall–Kier alpha value is -3.08. The Labute approximate surface area is 392 Å². The summed E-state index contributed by atoms with van der Waals surface area (Å²) in [7, 11) is 0.955. The van der Waals surface area contributed by atoms with Crippen molar-refractivity contribution in [2.45, 2.75) is 38.3 Å². The molecule has 5 aromatic rings. The van der Waals surface area contributed by atoms with E-state index in [1.807, 2.05) is 67.0 Å². The van der Waals surface area contributed by atoms with Crippen molar-refractivity contribution in [3.05, 3.63) is 144 Å². The lowest BCUT2D eigenvalue weighted by Crippen LogP contribution is -2.52. The van der Waals surface area contributed by atoms with Gasteiger partial charge in [0.1, 0.15) is 5.60 Å². The molecule has 2 aromatic carbocycles. The van der Waals surface area contributed by atoms with Crippen molar-refractivity contribution in [3.8, 4) is 0 Å². The van der Waals surface area contributed by atoms with Crippen LogP contribution in [-0.2, 0) is 12.6 Å². The average Bonchev–Trinajstić information content (AvgIpc) is 3.58. The highest BCUT2D eigenvalue weighted by atomic mass is 79.9. The second kappa shape index (κ2) is 18.8. The van der Waals surface area contributed by atoms with Gasteiger partial charge in [-0.05, 0) is 96.9 Å². The van der Waals surface area contributed by atoms with E-state index in [-0.39, 0.29) is 12.1 Å². The van der Waals surface area contributed by atoms with E-state index < -0.39 is 19.7 Å². The molecule has 2 saturated heterocycles. The van der Waals surface area contributed by atoms with Crippen molar-refractivity contribution in [3.63, 3.8) is 0 Å². The number of hydrogen-bond acceptors (Lipinski definition) is 10. The van der Waals surface area contributed by atoms with Gasteiger partial charge >= 0.3 is 14.1 Å². The van der Waals surface area contributed by atoms with Crippen LogP contribution >= 0.6 is 62.3 Å². The zero-order valence-electron chi connectivity index (χ0n) is 34.9. The predicted octanol–water partition coefficient (Wildman–Crippen LogP) is 8.11. The van der Waals surface area contributed by atoms with E-state index in [0.717, 1.165) is 96.0 Å².